The summed E-state index contributed by atoms with van der Waals surface area (Å²) in [6.07, 6.45) is 2.66. The third-order valence-corrected chi connectivity index (χ3v) is 5.19. The van der Waals surface area contributed by atoms with E-state index in [1.54, 1.807) is 6.92 Å². The van der Waals surface area contributed by atoms with Gasteiger partial charge in [0.05, 0.1) is 5.60 Å². The van der Waals surface area contributed by atoms with Gasteiger partial charge in [-0.15, -0.1) is 0 Å². The Hall–Kier alpha value is -1.79. The SMILES string of the molecule is CC1OC2(CCN(CCCC(=O)c3ccc(F)cc3)CC2)CNC1=O. The molecule has 1 spiro atoms. The molecule has 2 aliphatic heterocycles. The Morgan fingerprint density at radius 2 is 2.00 bits per heavy atom. The average Bonchev–Trinajstić information content (AvgIpc) is 2.61. The largest absolute Gasteiger partial charge is 0.360 e. The molecule has 2 saturated heterocycles. The van der Waals surface area contributed by atoms with Crippen molar-refractivity contribution < 1.29 is 18.7 Å². The summed E-state index contributed by atoms with van der Waals surface area (Å²) in [4.78, 5) is 26.0. The fraction of sp³-hybridized carbons (Fsp3) is 0.579. The van der Waals surface area contributed by atoms with Crippen molar-refractivity contribution in [1.82, 2.24) is 10.2 Å². The first-order chi connectivity index (χ1) is 12.0. The van der Waals surface area contributed by atoms with E-state index in [4.69, 9.17) is 4.74 Å². The van der Waals surface area contributed by atoms with E-state index in [0.717, 1.165) is 38.9 Å². The van der Waals surface area contributed by atoms with Gasteiger partial charge in [-0.2, -0.15) is 0 Å². The lowest BCUT2D eigenvalue weighted by Crippen LogP contribution is -2.60. The van der Waals surface area contributed by atoms with Gasteiger partial charge in [-0.1, -0.05) is 0 Å². The van der Waals surface area contributed by atoms with Gasteiger partial charge in [-0.3, -0.25) is 9.59 Å². The number of likely N-dealkylation sites (tertiary alicyclic amines) is 1. The second kappa shape index (κ2) is 7.62. The second-order valence-electron chi connectivity index (χ2n) is 7.04. The molecular weight excluding hydrogens is 323 g/mol. The number of nitrogens with zero attached hydrogens (tertiary/aromatic N) is 1. The fourth-order valence-corrected chi connectivity index (χ4v) is 3.58. The summed E-state index contributed by atoms with van der Waals surface area (Å²) >= 11 is 0. The minimum atomic E-state index is -0.381. The molecule has 1 aromatic carbocycles. The zero-order valence-corrected chi connectivity index (χ0v) is 14.6. The van der Waals surface area contributed by atoms with E-state index in [2.05, 4.69) is 10.2 Å². The van der Waals surface area contributed by atoms with Crippen molar-refractivity contribution in [2.45, 2.75) is 44.3 Å². The third-order valence-electron chi connectivity index (χ3n) is 5.19. The van der Waals surface area contributed by atoms with Gasteiger partial charge in [-0.25, -0.2) is 4.39 Å². The Morgan fingerprint density at radius 3 is 2.64 bits per heavy atom. The second-order valence-corrected chi connectivity index (χ2v) is 7.04. The Morgan fingerprint density at radius 1 is 1.32 bits per heavy atom. The Kier molecular flexibility index (Phi) is 5.49. The summed E-state index contributed by atoms with van der Waals surface area (Å²) in [6, 6.07) is 5.72. The van der Waals surface area contributed by atoms with Crippen LogP contribution in [0.5, 0.6) is 0 Å². The number of hydrogen-bond donors (Lipinski definition) is 1. The number of benzene rings is 1. The number of ether oxygens (including phenoxy) is 1. The number of amides is 1. The van der Waals surface area contributed by atoms with Gasteiger partial charge in [0.1, 0.15) is 11.9 Å². The predicted molar refractivity (Wildman–Crippen MR) is 91.9 cm³/mol. The van der Waals surface area contributed by atoms with Gasteiger partial charge in [0, 0.05) is 31.6 Å². The van der Waals surface area contributed by atoms with Gasteiger partial charge in [0.25, 0.3) is 0 Å². The van der Waals surface area contributed by atoms with Crippen LogP contribution in [0.3, 0.4) is 0 Å². The first kappa shape index (κ1) is 18.0. The summed E-state index contributed by atoms with van der Waals surface area (Å²) in [7, 11) is 0. The van der Waals surface area contributed by atoms with Crippen molar-refractivity contribution in [1.29, 1.82) is 0 Å². The summed E-state index contributed by atoms with van der Waals surface area (Å²) in [5.41, 5.74) is 0.340. The van der Waals surface area contributed by atoms with E-state index in [-0.39, 0.29) is 29.2 Å². The molecule has 0 bridgehead atoms. The summed E-state index contributed by atoms with van der Waals surface area (Å²) in [5, 5.41) is 2.93. The lowest BCUT2D eigenvalue weighted by atomic mass is 9.89. The molecule has 0 aliphatic carbocycles. The van der Waals surface area contributed by atoms with Crippen LogP contribution in [-0.4, -0.2) is 54.5 Å². The number of piperidine rings is 1. The number of Topliss-reactive ketones (excluding diaryl/α,β-unsaturated/α-hetero) is 1. The van der Waals surface area contributed by atoms with Crippen molar-refractivity contribution in [3.63, 3.8) is 0 Å². The molecule has 2 fully saturated rings. The van der Waals surface area contributed by atoms with Crippen molar-refractivity contribution in [3.8, 4) is 0 Å². The average molecular weight is 348 g/mol. The van der Waals surface area contributed by atoms with E-state index in [9.17, 15) is 14.0 Å². The van der Waals surface area contributed by atoms with Crippen LogP contribution >= 0.6 is 0 Å². The van der Waals surface area contributed by atoms with E-state index < -0.39 is 0 Å². The number of hydrogen-bond acceptors (Lipinski definition) is 4. The van der Waals surface area contributed by atoms with Crippen LogP contribution in [0.4, 0.5) is 4.39 Å². The fourth-order valence-electron chi connectivity index (χ4n) is 3.58. The van der Waals surface area contributed by atoms with Crippen LogP contribution in [0, 0.1) is 5.82 Å². The number of ketones is 1. The lowest BCUT2D eigenvalue weighted by Gasteiger charge is -2.45. The van der Waals surface area contributed by atoms with Gasteiger partial charge >= 0.3 is 0 Å². The van der Waals surface area contributed by atoms with Crippen LogP contribution in [-0.2, 0) is 9.53 Å². The van der Waals surface area contributed by atoms with Crippen molar-refractivity contribution >= 4 is 11.7 Å². The topological polar surface area (TPSA) is 58.6 Å². The van der Waals surface area contributed by atoms with E-state index in [0.29, 0.717) is 18.5 Å². The van der Waals surface area contributed by atoms with Crippen LogP contribution in [0.2, 0.25) is 0 Å². The van der Waals surface area contributed by atoms with Gasteiger partial charge in [0.15, 0.2) is 5.78 Å². The molecule has 2 aliphatic rings. The van der Waals surface area contributed by atoms with E-state index in [1.165, 1.54) is 24.3 Å². The van der Waals surface area contributed by atoms with Crippen molar-refractivity contribution in [3.05, 3.63) is 35.6 Å². The van der Waals surface area contributed by atoms with Crippen LogP contribution in [0.15, 0.2) is 24.3 Å². The van der Waals surface area contributed by atoms with Gasteiger partial charge < -0.3 is 15.0 Å². The molecule has 1 atom stereocenters. The van der Waals surface area contributed by atoms with Crippen LogP contribution in [0.25, 0.3) is 0 Å². The Balaban J connectivity index is 1.40. The molecule has 5 nitrogen and oxygen atoms in total. The van der Waals surface area contributed by atoms with Gasteiger partial charge in [-0.05, 0) is 57.0 Å². The van der Waals surface area contributed by atoms with E-state index in [1.807, 2.05) is 0 Å². The molecule has 1 unspecified atom stereocenters. The smallest absolute Gasteiger partial charge is 0.248 e. The number of halogens is 1. The molecule has 0 saturated carbocycles. The summed E-state index contributed by atoms with van der Waals surface area (Å²) in [6.45, 7) is 5.07. The molecule has 136 valence electrons. The minimum absolute atomic E-state index is 0.0349. The van der Waals surface area contributed by atoms with Crippen molar-refractivity contribution in [2.75, 3.05) is 26.2 Å². The standard InChI is InChI=1S/C19H25FN2O3/c1-14-18(24)21-13-19(25-14)8-11-22(12-9-19)10-2-3-17(23)15-4-6-16(20)7-5-15/h4-7,14H,2-3,8-13H2,1H3,(H,21,24). The number of rotatable bonds is 5. The van der Waals surface area contributed by atoms with E-state index >= 15 is 0 Å². The van der Waals surface area contributed by atoms with Crippen molar-refractivity contribution in [2.24, 2.45) is 0 Å². The first-order valence-electron chi connectivity index (χ1n) is 8.94. The predicted octanol–water partition coefficient (Wildman–Crippen LogP) is 2.16. The number of morpholine rings is 1. The maximum Gasteiger partial charge on any atom is 0.248 e. The Bertz CT molecular complexity index is 624. The van der Waals surface area contributed by atoms with Crippen LogP contribution < -0.4 is 5.32 Å². The molecule has 0 aromatic heterocycles. The molecule has 1 amide bonds. The zero-order valence-electron chi connectivity index (χ0n) is 14.6. The highest BCUT2D eigenvalue weighted by molar-refractivity contribution is 5.95. The monoisotopic (exact) mass is 348 g/mol. The third kappa shape index (κ3) is 4.44. The quantitative estimate of drug-likeness (QED) is 0.829. The maximum atomic E-state index is 12.9. The molecule has 0 radical (unpaired) electrons. The molecule has 1 N–H and O–H groups in total. The normalized spacial score (nSPS) is 23.4. The molecular formula is C19H25FN2O3. The molecule has 2 heterocycles. The zero-order chi connectivity index (χ0) is 17.9. The molecule has 6 heteroatoms. The molecule has 1 aromatic rings. The number of carbonyl (C=O) groups excluding carboxylic acids is 2. The van der Waals surface area contributed by atoms with Gasteiger partial charge in [0.2, 0.25) is 5.91 Å². The molecule has 3 rings (SSSR count). The highest BCUT2D eigenvalue weighted by Gasteiger charge is 2.41. The summed E-state index contributed by atoms with van der Waals surface area (Å²) < 4.78 is 18.9. The van der Waals surface area contributed by atoms with Crippen LogP contribution in [0.1, 0.15) is 43.0 Å². The highest BCUT2D eigenvalue weighted by atomic mass is 19.1. The summed E-state index contributed by atoms with van der Waals surface area (Å²) in [5.74, 6) is -0.303. The Labute approximate surface area is 147 Å². The lowest BCUT2D eigenvalue weighted by molar-refractivity contribution is -0.167. The first-order valence-corrected chi connectivity index (χ1v) is 8.94. The maximum absolute atomic E-state index is 12.9. The molecule has 25 heavy (non-hydrogen) atoms. The number of carbonyl (C=O) groups is 2. The number of nitrogens with one attached hydrogen (secondary N) is 1. The minimum Gasteiger partial charge on any atom is -0.360 e. The highest BCUT2D eigenvalue weighted by Crippen LogP contribution is 2.29.